The van der Waals surface area contributed by atoms with Crippen LogP contribution in [0.2, 0.25) is 0 Å². The van der Waals surface area contributed by atoms with Crippen molar-refractivity contribution in [2.75, 3.05) is 19.7 Å². The van der Waals surface area contributed by atoms with E-state index in [4.69, 9.17) is 4.74 Å². The standard InChI is InChI=1S/C14H21N3O2/c1-9-12(10(2)18)6-15-14(16-9)13-7-17-5-3-4-11(17)8-19-13/h6,10-11,13,18H,3-5,7-8H2,1-2H3. The molecule has 2 aliphatic heterocycles. The lowest BCUT2D eigenvalue weighted by atomic mass is 10.1. The predicted octanol–water partition coefficient (Wildman–Crippen LogP) is 1.37. The fourth-order valence-corrected chi connectivity index (χ4v) is 3.03. The molecule has 2 saturated heterocycles. The fourth-order valence-electron chi connectivity index (χ4n) is 3.03. The topological polar surface area (TPSA) is 58.5 Å². The summed E-state index contributed by atoms with van der Waals surface area (Å²) >= 11 is 0. The van der Waals surface area contributed by atoms with E-state index in [9.17, 15) is 5.11 Å². The largest absolute Gasteiger partial charge is 0.389 e. The Hall–Kier alpha value is -1.04. The number of aromatic nitrogens is 2. The maximum atomic E-state index is 9.61. The van der Waals surface area contributed by atoms with E-state index in [1.165, 1.54) is 12.8 Å². The molecule has 5 nitrogen and oxygen atoms in total. The van der Waals surface area contributed by atoms with Crippen LogP contribution >= 0.6 is 0 Å². The van der Waals surface area contributed by atoms with E-state index in [2.05, 4.69) is 14.9 Å². The molecule has 104 valence electrons. The molecule has 0 radical (unpaired) electrons. The van der Waals surface area contributed by atoms with Crippen LogP contribution in [0.3, 0.4) is 0 Å². The summed E-state index contributed by atoms with van der Waals surface area (Å²) < 4.78 is 5.90. The highest BCUT2D eigenvalue weighted by atomic mass is 16.5. The maximum Gasteiger partial charge on any atom is 0.158 e. The molecule has 2 fully saturated rings. The van der Waals surface area contributed by atoms with Gasteiger partial charge in [-0.25, -0.2) is 9.97 Å². The zero-order valence-corrected chi connectivity index (χ0v) is 11.5. The van der Waals surface area contributed by atoms with Gasteiger partial charge in [-0.1, -0.05) is 0 Å². The molecule has 1 aromatic heterocycles. The first kappa shape index (κ1) is 13.0. The number of aryl methyl sites for hydroxylation is 1. The Morgan fingerprint density at radius 3 is 3.11 bits per heavy atom. The van der Waals surface area contributed by atoms with Crippen molar-refractivity contribution in [1.82, 2.24) is 14.9 Å². The lowest BCUT2D eigenvalue weighted by molar-refractivity contribution is -0.0542. The Kier molecular flexibility index (Phi) is 3.52. The fraction of sp³-hybridized carbons (Fsp3) is 0.714. The molecule has 3 heterocycles. The van der Waals surface area contributed by atoms with Crippen molar-refractivity contribution in [1.29, 1.82) is 0 Å². The number of aliphatic hydroxyl groups is 1. The van der Waals surface area contributed by atoms with Crippen molar-refractivity contribution in [2.24, 2.45) is 0 Å². The van der Waals surface area contributed by atoms with Gasteiger partial charge in [0, 0.05) is 30.0 Å². The van der Waals surface area contributed by atoms with Crippen LogP contribution in [0.4, 0.5) is 0 Å². The van der Waals surface area contributed by atoms with Gasteiger partial charge in [-0.2, -0.15) is 0 Å². The van der Waals surface area contributed by atoms with E-state index in [-0.39, 0.29) is 6.10 Å². The summed E-state index contributed by atoms with van der Waals surface area (Å²) in [7, 11) is 0. The number of ether oxygens (including phenoxy) is 1. The minimum Gasteiger partial charge on any atom is -0.389 e. The third-order valence-corrected chi connectivity index (χ3v) is 4.16. The number of nitrogens with zero attached hydrogens (tertiary/aromatic N) is 3. The molecule has 0 amide bonds. The first-order chi connectivity index (χ1) is 9.15. The molecule has 1 aromatic rings. The normalized spacial score (nSPS) is 29.2. The molecule has 0 spiro atoms. The van der Waals surface area contributed by atoms with Gasteiger partial charge in [0.05, 0.1) is 12.7 Å². The Labute approximate surface area is 113 Å². The van der Waals surface area contributed by atoms with Gasteiger partial charge in [-0.05, 0) is 33.2 Å². The lowest BCUT2D eigenvalue weighted by Gasteiger charge is -2.34. The SMILES string of the molecule is Cc1nc(C2CN3CCCC3CO2)ncc1C(C)O. The van der Waals surface area contributed by atoms with Gasteiger partial charge >= 0.3 is 0 Å². The highest BCUT2D eigenvalue weighted by Crippen LogP contribution is 2.29. The molecule has 0 bridgehead atoms. The van der Waals surface area contributed by atoms with Crippen LogP contribution in [0, 0.1) is 6.92 Å². The number of hydrogen-bond acceptors (Lipinski definition) is 5. The van der Waals surface area contributed by atoms with Crippen molar-refractivity contribution < 1.29 is 9.84 Å². The van der Waals surface area contributed by atoms with Crippen LogP contribution in [-0.4, -0.2) is 45.7 Å². The van der Waals surface area contributed by atoms with Crippen molar-refractivity contribution in [3.8, 4) is 0 Å². The van der Waals surface area contributed by atoms with Crippen LogP contribution in [-0.2, 0) is 4.74 Å². The monoisotopic (exact) mass is 263 g/mol. The molecule has 0 aliphatic carbocycles. The highest BCUT2D eigenvalue weighted by Gasteiger charge is 2.34. The van der Waals surface area contributed by atoms with Gasteiger partial charge in [0.1, 0.15) is 6.10 Å². The average molecular weight is 263 g/mol. The van der Waals surface area contributed by atoms with Gasteiger partial charge < -0.3 is 9.84 Å². The van der Waals surface area contributed by atoms with Crippen LogP contribution in [0.5, 0.6) is 0 Å². The zero-order chi connectivity index (χ0) is 13.4. The van der Waals surface area contributed by atoms with Crippen molar-refractivity contribution >= 4 is 0 Å². The predicted molar refractivity (Wildman–Crippen MR) is 70.7 cm³/mol. The number of fused-ring (bicyclic) bond motifs is 1. The van der Waals surface area contributed by atoms with E-state index in [0.717, 1.165) is 36.8 Å². The molecular weight excluding hydrogens is 242 g/mol. The van der Waals surface area contributed by atoms with Crippen molar-refractivity contribution in [3.63, 3.8) is 0 Å². The summed E-state index contributed by atoms with van der Waals surface area (Å²) in [5.74, 6) is 0.743. The van der Waals surface area contributed by atoms with Gasteiger partial charge in [0.2, 0.25) is 0 Å². The van der Waals surface area contributed by atoms with E-state index < -0.39 is 6.10 Å². The van der Waals surface area contributed by atoms with Gasteiger partial charge in [0.15, 0.2) is 5.82 Å². The first-order valence-corrected chi connectivity index (χ1v) is 7.02. The van der Waals surface area contributed by atoms with Crippen LogP contribution in [0.25, 0.3) is 0 Å². The van der Waals surface area contributed by atoms with Crippen molar-refractivity contribution in [3.05, 3.63) is 23.3 Å². The summed E-state index contributed by atoms with van der Waals surface area (Å²) in [6.07, 6.45) is 3.68. The summed E-state index contributed by atoms with van der Waals surface area (Å²) in [5, 5.41) is 9.61. The van der Waals surface area contributed by atoms with Crippen LogP contribution in [0.1, 0.15) is 49.1 Å². The molecule has 3 rings (SSSR count). The second kappa shape index (κ2) is 5.15. The van der Waals surface area contributed by atoms with E-state index >= 15 is 0 Å². The Balaban J connectivity index is 1.77. The summed E-state index contributed by atoms with van der Waals surface area (Å²) in [5.41, 5.74) is 1.63. The Bertz CT molecular complexity index is 464. The number of aliphatic hydroxyl groups excluding tert-OH is 1. The minimum absolute atomic E-state index is 0.0314. The summed E-state index contributed by atoms with van der Waals surface area (Å²) in [6.45, 7) is 6.48. The van der Waals surface area contributed by atoms with E-state index in [1.54, 1.807) is 13.1 Å². The number of morpholine rings is 1. The quantitative estimate of drug-likeness (QED) is 0.873. The van der Waals surface area contributed by atoms with Crippen LogP contribution < -0.4 is 0 Å². The van der Waals surface area contributed by atoms with E-state index in [1.807, 2.05) is 6.92 Å². The molecule has 5 heteroatoms. The van der Waals surface area contributed by atoms with E-state index in [0.29, 0.717) is 6.04 Å². The first-order valence-electron chi connectivity index (χ1n) is 7.02. The molecule has 0 saturated carbocycles. The maximum absolute atomic E-state index is 9.61. The zero-order valence-electron chi connectivity index (χ0n) is 11.5. The van der Waals surface area contributed by atoms with Gasteiger partial charge in [-0.15, -0.1) is 0 Å². The van der Waals surface area contributed by atoms with Gasteiger partial charge in [0.25, 0.3) is 0 Å². The van der Waals surface area contributed by atoms with Crippen LogP contribution in [0.15, 0.2) is 6.20 Å². The third kappa shape index (κ3) is 2.50. The number of hydrogen-bond donors (Lipinski definition) is 1. The molecule has 2 aliphatic rings. The smallest absolute Gasteiger partial charge is 0.158 e. The third-order valence-electron chi connectivity index (χ3n) is 4.16. The Morgan fingerprint density at radius 1 is 1.53 bits per heavy atom. The van der Waals surface area contributed by atoms with Gasteiger partial charge in [-0.3, -0.25) is 4.90 Å². The highest BCUT2D eigenvalue weighted by molar-refractivity contribution is 5.19. The molecule has 3 unspecified atom stereocenters. The Morgan fingerprint density at radius 2 is 2.37 bits per heavy atom. The molecule has 1 N–H and O–H groups in total. The molecular formula is C14H21N3O2. The molecule has 19 heavy (non-hydrogen) atoms. The molecule has 0 aromatic carbocycles. The molecule has 3 atom stereocenters. The second-order valence-electron chi connectivity index (χ2n) is 5.56. The summed E-state index contributed by atoms with van der Waals surface area (Å²) in [4.78, 5) is 11.4. The lowest BCUT2D eigenvalue weighted by Crippen LogP contribution is -2.42. The average Bonchev–Trinajstić information content (AvgIpc) is 2.85. The second-order valence-corrected chi connectivity index (χ2v) is 5.56. The minimum atomic E-state index is -0.524. The number of rotatable bonds is 2. The summed E-state index contributed by atoms with van der Waals surface area (Å²) in [6, 6.07) is 0.592. The van der Waals surface area contributed by atoms with Crippen molar-refractivity contribution in [2.45, 2.75) is 44.9 Å².